The Morgan fingerprint density at radius 3 is 2.64 bits per heavy atom. The van der Waals surface area contributed by atoms with Crippen LogP contribution in [0.15, 0.2) is 30.3 Å². The van der Waals surface area contributed by atoms with Crippen molar-refractivity contribution >= 4 is 14.1 Å². The Kier molecular flexibility index (Phi) is 5.20. The fourth-order valence-electron chi connectivity index (χ4n) is 1.01. The molecule has 4 heteroatoms. The van der Waals surface area contributed by atoms with Crippen LogP contribution in [0.25, 0.3) is 0 Å². The third kappa shape index (κ3) is 4.35. The van der Waals surface area contributed by atoms with E-state index in [0.29, 0.717) is 12.9 Å². The van der Waals surface area contributed by atoms with Gasteiger partial charge in [0.1, 0.15) is 14.1 Å². The minimum Gasteiger partial charge on any atom is -0.369 e. The molecule has 3 nitrogen and oxygen atoms in total. The van der Waals surface area contributed by atoms with Crippen LogP contribution in [0.3, 0.4) is 0 Å². The first-order valence-electron chi connectivity index (χ1n) is 4.40. The lowest BCUT2D eigenvalue weighted by Crippen LogP contribution is -1.93. The topological polar surface area (TPSA) is 43.4 Å². The number of benzene rings is 1. The third-order valence-electron chi connectivity index (χ3n) is 1.69. The van der Waals surface area contributed by atoms with Crippen molar-refractivity contribution in [1.29, 1.82) is 0 Å². The molecule has 14 heavy (non-hydrogen) atoms. The predicted octanol–water partition coefficient (Wildman–Crippen LogP) is 1.92. The van der Waals surface area contributed by atoms with E-state index in [1.165, 1.54) is 0 Å². The first-order chi connectivity index (χ1) is 6.83. The minimum absolute atomic E-state index is 0.124. The summed E-state index contributed by atoms with van der Waals surface area (Å²) in [5, 5.41) is 0. The number of ether oxygens (including phenoxy) is 1. The van der Waals surface area contributed by atoms with Crippen molar-refractivity contribution in [2.24, 2.45) is 0 Å². The Labute approximate surface area is 83.9 Å². The fraction of sp³-hybridized carbons (Fsp3) is 0.300. The van der Waals surface area contributed by atoms with Crippen LogP contribution in [0.4, 0.5) is 0 Å². The SMILES string of the molecule is O=CC[PH](=O)COCc1ccccc1. The van der Waals surface area contributed by atoms with Gasteiger partial charge in [-0.05, 0) is 5.56 Å². The van der Waals surface area contributed by atoms with Gasteiger partial charge >= 0.3 is 0 Å². The van der Waals surface area contributed by atoms with E-state index in [-0.39, 0.29) is 12.5 Å². The second-order valence-electron chi connectivity index (χ2n) is 2.89. The molecule has 0 aliphatic carbocycles. The highest BCUT2D eigenvalue weighted by molar-refractivity contribution is 7.45. The monoisotopic (exact) mass is 212 g/mol. The maximum Gasteiger partial charge on any atom is 0.127 e. The number of hydrogen-bond acceptors (Lipinski definition) is 3. The summed E-state index contributed by atoms with van der Waals surface area (Å²) >= 11 is 0. The Morgan fingerprint density at radius 2 is 2.00 bits per heavy atom. The van der Waals surface area contributed by atoms with Crippen LogP contribution >= 0.6 is 7.80 Å². The molecule has 0 heterocycles. The maximum atomic E-state index is 11.1. The van der Waals surface area contributed by atoms with E-state index < -0.39 is 7.80 Å². The van der Waals surface area contributed by atoms with Gasteiger partial charge in [-0.2, -0.15) is 0 Å². The van der Waals surface area contributed by atoms with Crippen LogP contribution in [0.2, 0.25) is 0 Å². The van der Waals surface area contributed by atoms with Crippen molar-refractivity contribution in [1.82, 2.24) is 0 Å². The summed E-state index contributed by atoms with van der Waals surface area (Å²) in [5.41, 5.74) is 1.05. The lowest BCUT2D eigenvalue weighted by atomic mass is 10.2. The minimum atomic E-state index is -1.85. The number of carbonyl (C=O) groups excluding carboxylic acids is 1. The van der Waals surface area contributed by atoms with Gasteiger partial charge in [-0.3, -0.25) is 0 Å². The molecule has 0 amide bonds. The third-order valence-corrected chi connectivity index (χ3v) is 2.83. The van der Waals surface area contributed by atoms with Crippen LogP contribution < -0.4 is 0 Å². The first-order valence-corrected chi connectivity index (χ1v) is 6.22. The molecule has 0 aromatic heterocycles. The van der Waals surface area contributed by atoms with E-state index in [4.69, 9.17) is 4.74 Å². The van der Waals surface area contributed by atoms with Gasteiger partial charge in [0, 0.05) is 0 Å². The summed E-state index contributed by atoms with van der Waals surface area (Å²) < 4.78 is 16.3. The average Bonchev–Trinajstić information content (AvgIpc) is 2.20. The molecule has 1 aromatic carbocycles. The van der Waals surface area contributed by atoms with Crippen LogP contribution in [0, 0.1) is 0 Å². The molecule has 0 fully saturated rings. The van der Waals surface area contributed by atoms with Crippen LogP contribution in [0.1, 0.15) is 5.56 Å². The van der Waals surface area contributed by atoms with Gasteiger partial charge in [-0.25, -0.2) is 0 Å². The molecule has 0 saturated heterocycles. The second kappa shape index (κ2) is 6.52. The smallest absolute Gasteiger partial charge is 0.127 e. The Bertz CT molecular complexity index is 297. The predicted molar refractivity (Wildman–Crippen MR) is 56.0 cm³/mol. The largest absolute Gasteiger partial charge is 0.369 e. The second-order valence-corrected chi connectivity index (χ2v) is 4.66. The van der Waals surface area contributed by atoms with E-state index in [1.807, 2.05) is 30.3 Å². The number of carbonyl (C=O) groups is 1. The first kappa shape index (κ1) is 11.2. The molecular formula is C10H13O3P. The summed E-state index contributed by atoms with van der Waals surface area (Å²) in [6, 6.07) is 9.66. The molecule has 76 valence electrons. The zero-order valence-electron chi connectivity index (χ0n) is 7.81. The maximum absolute atomic E-state index is 11.1. The van der Waals surface area contributed by atoms with Crippen molar-refractivity contribution in [3.05, 3.63) is 35.9 Å². The molecule has 1 unspecified atom stereocenters. The molecule has 0 N–H and O–H groups in total. The van der Waals surface area contributed by atoms with Crippen molar-refractivity contribution in [2.75, 3.05) is 12.5 Å². The Hall–Kier alpha value is -0.920. The van der Waals surface area contributed by atoms with E-state index >= 15 is 0 Å². The molecule has 0 aliphatic rings. The summed E-state index contributed by atoms with van der Waals surface area (Å²) in [4.78, 5) is 10.0. The van der Waals surface area contributed by atoms with Crippen molar-refractivity contribution in [3.8, 4) is 0 Å². The zero-order valence-corrected chi connectivity index (χ0v) is 8.81. The lowest BCUT2D eigenvalue weighted by molar-refractivity contribution is -0.105. The standard InChI is InChI=1S/C10H13O3P/c11-6-7-14(12)9-13-8-10-4-2-1-3-5-10/h1-6,14H,7-9H2. The van der Waals surface area contributed by atoms with Crippen LogP contribution in [-0.4, -0.2) is 18.8 Å². The highest BCUT2D eigenvalue weighted by atomic mass is 31.1. The van der Waals surface area contributed by atoms with Crippen molar-refractivity contribution in [2.45, 2.75) is 6.61 Å². The van der Waals surface area contributed by atoms with Crippen LogP contribution in [-0.2, 0) is 20.7 Å². The summed E-state index contributed by atoms with van der Waals surface area (Å²) in [7, 11) is -1.85. The van der Waals surface area contributed by atoms with E-state index in [1.54, 1.807) is 0 Å². The van der Waals surface area contributed by atoms with Gasteiger partial charge in [0.2, 0.25) is 0 Å². The van der Waals surface area contributed by atoms with Crippen molar-refractivity contribution in [3.63, 3.8) is 0 Å². The summed E-state index contributed by atoms with van der Waals surface area (Å²) in [5.74, 6) is 0. The van der Waals surface area contributed by atoms with Gasteiger partial charge in [0.05, 0.1) is 19.1 Å². The lowest BCUT2D eigenvalue weighted by Gasteiger charge is -2.02. The summed E-state index contributed by atoms with van der Waals surface area (Å²) in [6.07, 6.45) is 0.991. The number of rotatable bonds is 6. The van der Waals surface area contributed by atoms with Gasteiger partial charge < -0.3 is 14.1 Å². The number of hydrogen-bond donors (Lipinski definition) is 0. The fourth-order valence-corrected chi connectivity index (χ4v) is 1.64. The molecule has 1 aromatic rings. The molecule has 1 atom stereocenters. The molecule has 0 radical (unpaired) electrons. The molecule has 0 spiro atoms. The summed E-state index contributed by atoms with van der Waals surface area (Å²) in [6.45, 7) is 0.454. The highest BCUT2D eigenvalue weighted by Crippen LogP contribution is 2.18. The molecule has 1 rings (SSSR count). The quantitative estimate of drug-likeness (QED) is 0.534. The van der Waals surface area contributed by atoms with Crippen molar-refractivity contribution < 1.29 is 14.1 Å². The van der Waals surface area contributed by atoms with Crippen LogP contribution in [0.5, 0.6) is 0 Å². The van der Waals surface area contributed by atoms with Gasteiger partial charge in [-0.15, -0.1) is 0 Å². The Balaban J connectivity index is 2.22. The molecule has 0 saturated carbocycles. The molecule has 0 aliphatic heterocycles. The highest BCUT2D eigenvalue weighted by Gasteiger charge is 1.98. The molecular weight excluding hydrogens is 199 g/mol. The molecule has 0 bridgehead atoms. The van der Waals surface area contributed by atoms with Gasteiger partial charge in [-0.1, -0.05) is 30.3 Å². The van der Waals surface area contributed by atoms with E-state index in [0.717, 1.165) is 5.56 Å². The zero-order chi connectivity index (χ0) is 10.2. The van der Waals surface area contributed by atoms with Gasteiger partial charge in [0.15, 0.2) is 0 Å². The van der Waals surface area contributed by atoms with E-state index in [2.05, 4.69) is 0 Å². The average molecular weight is 212 g/mol. The normalized spacial score (nSPS) is 12.3. The van der Waals surface area contributed by atoms with E-state index in [9.17, 15) is 9.36 Å². The van der Waals surface area contributed by atoms with Gasteiger partial charge in [0.25, 0.3) is 0 Å². The number of aldehydes is 1. The Morgan fingerprint density at radius 1 is 1.29 bits per heavy atom.